The molecule has 0 bridgehead atoms. The van der Waals surface area contributed by atoms with Crippen molar-refractivity contribution >= 4 is 34.5 Å². The molecule has 1 heterocycles. The number of nitrogen functional groups attached to an aromatic ring is 1. The molecule has 1 aromatic carbocycles. The Kier molecular flexibility index (Phi) is 4.62. The van der Waals surface area contributed by atoms with Crippen LogP contribution in [-0.2, 0) is 6.54 Å². The number of hydrogen-bond acceptors (Lipinski definition) is 4. The van der Waals surface area contributed by atoms with E-state index >= 15 is 0 Å². The minimum Gasteiger partial charge on any atom is -0.397 e. The van der Waals surface area contributed by atoms with Crippen LogP contribution in [0, 0.1) is 0 Å². The maximum Gasteiger partial charge on any atom is 0.253 e. The van der Waals surface area contributed by atoms with E-state index < -0.39 is 0 Å². The number of amides is 1. The molecule has 0 spiro atoms. The minimum absolute atomic E-state index is 0.244. The Bertz CT molecular complexity index is 625. The molecule has 1 aromatic heterocycles. The number of nitrogens with one attached hydrogen (secondary N) is 1. The maximum atomic E-state index is 12.1. The summed E-state index contributed by atoms with van der Waals surface area (Å²) < 4.78 is 0. The predicted molar refractivity (Wildman–Crippen MR) is 83.2 cm³/mol. The normalized spacial score (nSPS) is 10.8. The summed E-state index contributed by atoms with van der Waals surface area (Å²) in [7, 11) is 0. The number of nitrogens with zero attached hydrogens (tertiary/aromatic N) is 1. The Labute approximate surface area is 127 Å². The highest BCUT2D eigenvalue weighted by atomic mass is 35.5. The second-order valence-corrected chi connectivity index (χ2v) is 6.05. The van der Waals surface area contributed by atoms with Crippen LogP contribution in [0.1, 0.15) is 40.8 Å². The highest BCUT2D eigenvalue weighted by molar-refractivity contribution is 7.09. The fraction of sp³-hybridized carbons (Fsp3) is 0.286. The van der Waals surface area contributed by atoms with Gasteiger partial charge in [0.05, 0.1) is 28.5 Å². The lowest BCUT2D eigenvalue weighted by atomic mass is 10.1. The Morgan fingerprint density at radius 2 is 2.25 bits per heavy atom. The molecule has 2 rings (SSSR count). The van der Waals surface area contributed by atoms with Crippen LogP contribution in [0.5, 0.6) is 0 Å². The third kappa shape index (κ3) is 3.29. The lowest BCUT2D eigenvalue weighted by Crippen LogP contribution is -2.23. The van der Waals surface area contributed by atoms with E-state index in [4.69, 9.17) is 17.3 Å². The molecule has 0 aliphatic rings. The quantitative estimate of drug-likeness (QED) is 0.850. The van der Waals surface area contributed by atoms with Crippen LogP contribution >= 0.6 is 22.9 Å². The summed E-state index contributed by atoms with van der Waals surface area (Å²) in [4.78, 5) is 16.5. The van der Waals surface area contributed by atoms with E-state index in [0.29, 0.717) is 28.7 Å². The molecule has 0 atom stereocenters. The molecule has 0 radical (unpaired) electrons. The van der Waals surface area contributed by atoms with Crippen molar-refractivity contribution in [3.8, 4) is 0 Å². The second kappa shape index (κ2) is 6.24. The molecule has 0 aliphatic carbocycles. The predicted octanol–water partition coefficient (Wildman–Crippen LogP) is 3.43. The van der Waals surface area contributed by atoms with Gasteiger partial charge in [-0.25, -0.2) is 4.98 Å². The summed E-state index contributed by atoms with van der Waals surface area (Å²) in [6, 6.07) is 5.01. The Morgan fingerprint density at radius 1 is 1.50 bits per heavy atom. The average Bonchev–Trinajstić information content (AvgIpc) is 2.88. The van der Waals surface area contributed by atoms with Gasteiger partial charge in [-0.3, -0.25) is 4.79 Å². The third-order valence-corrected chi connectivity index (χ3v) is 4.06. The monoisotopic (exact) mass is 309 g/mol. The SMILES string of the molecule is CC(C)c1csc(CNC(=O)c2cccc(Cl)c2N)n1. The first-order chi connectivity index (χ1) is 9.49. The molecule has 1 amide bonds. The Balaban J connectivity index is 2.03. The molecule has 4 nitrogen and oxygen atoms in total. The minimum atomic E-state index is -0.244. The molecule has 3 N–H and O–H groups in total. The van der Waals surface area contributed by atoms with Crippen molar-refractivity contribution in [1.29, 1.82) is 0 Å². The van der Waals surface area contributed by atoms with Crippen LogP contribution in [-0.4, -0.2) is 10.9 Å². The fourth-order valence-electron chi connectivity index (χ4n) is 1.66. The van der Waals surface area contributed by atoms with Crippen molar-refractivity contribution in [2.45, 2.75) is 26.3 Å². The third-order valence-electron chi connectivity index (χ3n) is 2.86. The van der Waals surface area contributed by atoms with Gasteiger partial charge in [0.1, 0.15) is 5.01 Å². The van der Waals surface area contributed by atoms with Crippen LogP contribution in [0.3, 0.4) is 0 Å². The molecule has 0 saturated heterocycles. The molecular formula is C14H16ClN3OS. The number of carbonyl (C=O) groups excluding carboxylic acids is 1. The van der Waals surface area contributed by atoms with Gasteiger partial charge in [0.15, 0.2) is 0 Å². The lowest BCUT2D eigenvalue weighted by molar-refractivity contribution is 0.0951. The largest absolute Gasteiger partial charge is 0.397 e. The van der Waals surface area contributed by atoms with E-state index in [9.17, 15) is 4.79 Å². The second-order valence-electron chi connectivity index (χ2n) is 4.70. The van der Waals surface area contributed by atoms with E-state index in [1.165, 1.54) is 11.3 Å². The summed E-state index contributed by atoms with van der Waals surface area (Å²) >= 11 is 7.44. The summed E-state index contributed by atoms with van der Waals surface area (Å²) in [5.74, 6) is 0.144. The van der Waals surface area contributed by atoms with E-state index in [1.807, 2.05) is 5.38 Å². The summed E-state index contributed by atoms with van der Waals surface area (Å²) in [5.41, 5.74) is 7.52. The van der Waals surface area contributed by atoms with Crippen molar-refractivity contribution < 1.29 is 4.79 Å². The molecule has 20 heavy (non-hydrogen) atoms. The molecule has 106 valence electrons. The lowest BCUT2D eigenvalue weighted by Gasteiger charge is -2.07. The smallest absolute Gasteiger partial charge is 0.253 e. The van der Waals surface area contributed by atoms with E-state index in [-0.39, 0.29) is 5.91 Å². The van der Waals surface area contributed by atoms with Crippen LogP contribution in [0.25, 0.3) is 0 Å². The fourth-order valence-corrected chi connectivity index (χ4v) is 2.73. The molecular weight excluding hydrogens is 294 g/mol. The molecule has 0 saturated carbocycles. The number of carbonyl (C=O) groups is 1. The summed E-state index contributed by atoms with van der Waals surface area (Å²) in [6.07, 6.45) is 0. The van der Waals surface area contributed by atoms with E-state index in [1.54, 1.807) is 18.2 Å². The molecule has 0 unspecified atom stereocenters. The number of hydrogen-bond donors (Lipinski definition) is 2. The number of aromatic nitrogens is 1. The van der Waals surface area contributed by atoms with E-state index in [0.717, 1.165) is 10.7 Å². The van der Waals surface area contributed by atoms with Crippen molar-refractivity contribution in [2.75, 3.05) is 5.73 Å². The van der Waals surface area contributed by atoms with Crippen LogP contribution in [0.4, 0.5) is 5.69 Å². The summed E-state index contributed by atoms with van der Waals surface area (Å²) in [6.45, 7) is 4.57. The first-order valence-corrected chi connectivity index (χ1v) is 7.51. The number of rotatable bonds is 4. The number of halogens is 1. The number of benzene rings is 1. The van der Waals surface area contributed by atoms with Gasteiger partial charge < -0.3 is 11.1 Å². The summed E-state index contributed by atoms with van der Waals surface area (Å²) in [5, 5.41) is 6.08. The van der Waals surface area contributed by atoms with Gasteiger partial charge in [0.25, 0.3) is 5.91 Å². The zero-order valence-corrected chi connectivity index (χ0v) is 12.9. The van der Waals surface area contributed by atoms with Gasteiger partial charge in [0.2, 0.25) is 0 Å². The molecule has 0 aliphatic heterocycles. The van der Waals surface area contributed by atoms with Crippen molar-refractivity contribution in [3.05, 3.63) is 44.9 Å². The van der Waals surface area contributed by atoms with Gasteiger partial charge in [-0.1, -0.05) is 31.5 Å². The van der Waals surface area contributed by atoms with Crippen LogP contribution in [0.15, 0.2) is 23.6 Å². The number of thiazole rings is 1. The van der Waals surface area contributed by atoms with Gasteiger partial charge in [0, 0.05) is 5.38 Å². The molecule has 6 heteroatoms. The first kappa shape index (κ1) is 14.8. The van der Waals surface area contributed by atoms with Crippen molar-refractivity contribution in [1.82, 2.24) is 10.3 Å². The van der Waals surface area contributed by atoms with Gasteiger partial charge >= 0.3 is 0 Å². The average molecular weight is 310 g/mol. The molecule has 2 aromatic rings. The Hall–Kier alpha value is -1.59. The molecule has 0 fully saturated rings. The van der Waals surface area contributed by atoms with Crippen LogP contribution in [0.2, 0.25) is 5.02 Å². The maximum absolute atomic E-state index is 12.1. The van der Waals surface area contributed by atoms with E-state index in [2.05, 4.69) is 24.1 Å². The highest BCUT2D eigenvalue weighted by Crippen LogP contribution is 2.22. The van der Waals surface area contributed by atoms with Gasteiger partial charge in [-0.15, -0.1) is 11.3 Å². The first-order valence-electron chi connectivity index (χ1n) is 6.25. The van der Waals surface area contributed by atoms with Gasteiger partial charge in [-0.2, -0.15) is 0 Å². The zero-order valence-electron chi connectivity index (χ0n) is 11.3. The topological polar surface area (TPSA) is 68.0 Å². The standard InChI is InChI=1S/C14H16ClN3OS/c1-8(2)11-7-20-12(18-11)6-17-14(19)9-4-3-5-10(15)13(9)16/h3-5,7-8H,6,16H2,1-2H3,(H,17,19). The van der Waals surface area contributed by atoms with Crippen molar-refractivity contribution in [3.63, 3.8) is 0 Å². The van der Waals surface area contributed by atoms with Crippen LogP contribution < -0.4 is 11.1 Å². The zero-order chi connectivity index (χ0) is 14.7. The van der Waals surface area contributed by atoms with Gasteiger partial charge in [-0.05, 0) is 18.1 Å². The number of anilines is 1. The highest BCUT2D eigenvalue weighted by Gasteiger charge is 2.12. The van der Waals surface area contributed by atoms with Crippen molar-refractivity contribution in [2.24, 2.45) is 0 Å². The Morgan fingerprint density at radius 3 is 2.90 bits per heavy atom. The number of para-hydroxylation sites is 1. The number of nitrogens with two attached hydrogens (primary N) is 1.